The van der Waals surface area contributed by atoms with Gasteiger partial charge in [-0.2, -0.15) is 0 Å². The van der Waals surface area contributed by atoms with E-state index in [4.69, 9.17) is 23.8 Å². The van der Waals surface area contributed by atoms with Crippen molar-refractivity contribution in [2.45, 2.75) is 6.92 Å². The summed E-state index contributed by atoms with van der Waals surface area (Å²) in [5.41, 5.74) is 1.75. The number of methoxy groups -OCH3 is 1. The number of hydrogen-bond donors (Lipinski definition) is 0. The zero-order valence-electron chi connectivity index (χ0n) is 15.5. The first-order valence-electron chi connectivity index (χ1n) is 8.46. The van der Waals surface area contributed by atoms with Crippen molar-refractivity contribution in [2.75, 3.05) is 27.1 Å². The second kappa shape index (κ2) is 8.90. The average molecular weight is 385 g/mol. The fourth-order valence-electron chi connectivity index (χ4n) is 2.40. The minimum Gasteiger partial charge on any atom is -0.497 e. The highest BCUT2D eigenvalue weighted by Crippen LogP contribution is 2.32. The molecule has 0 spiro atoms. The summed E-state index contributed by atoms with van der Waals surface area (Å²) in [5.74, 6) is 0.920. The quantitative estimate of drug-likeness (QED) is 0.298. The van der Waals surface area contributed by atoms with Crippen LogP contribution in [0.25, 0.3) is 0 Å². The second-order valence-corrected chi connectivity index (χ2v) is 5.83. The van der Waals surface area contributed by atoms with E-state index in [0.29, 0.717) is 28.5 Å². The van der Waals surface area contributed by atoms with Gasteiger partial charge in [-0.05, 0) is 49.4 Å². The van der Waals surface area contributed by atoms with E-state index in [0.717, 1.165) is 5.56 Å². The third-order valence-electron chi connectivity index (χ3n) is 3.95. The third-order valence-corrected chi connectivity index (χ3v) is 3.95. The van der Waals surface area contributed by atoms with Crippen molar-refractivity contribution in [2.24, 2.45) is 5.16 Å². The van der Waals surface area contributed by atoms with E-state index < -0.39 is 12.6 Å². The zero-order chi connectivity index (χ0) is 19.9. The summed E-state index contributed by atoms with van der Waals surface area (Å²) in [6.45, 7) is 1.14. The molecule has 1 aliphatic rings. The maximum absolute atomic E-state index is 12.0. The molecule has 1 heterocycles. The third kappa shape index (κ3) is 4.79. The normalized spacial score (nSPS) is 12.4. The first-order chi connectivity index (χ1) is 13.6. The molecule has 2 aromatic carbocycles. The largest absolute Gasteiger partial charge is 0.497 e. The number of ether oxygens (including phenoxy) is 4. The molecule has 2 aromatic rings. The molecule has 0 aliphatic carbocycles. The second-order valence-electron chi connectivity index (χ2n) is 5.83. The Morgan fingerprint density at radius 2 is 1.71 bits per heavy atom. The number of carbonyl (C=O) groups is 2. The minimum absolute atomic E-state index is 0.187. The molecule has 0 bridgehead atoms. The first kappa shape index (κ1) is 19.2. The molecule has 3 rings (SSSR count). The summed E-state index contributed by atoms with van der Waals surface area (Å²) in [4.78, 5) is 28.7. The Morgan fingerprint density at radius 3 is 2.46 bits per heavy atom. The highest BCUT2D eigenvalue weighted by molar-refractivity contribution is 5.99. The summed E-state index contributed by atoms with van der Waals surface area (Å²) >= 11 is 0. The number of ketones is 1. The van der Waals surface area contributed by atoms with Gasteiger partial charge in [0.1, 0.15) is 5.75 Å². The molecular formula is C20H19NO7. The predicted molar refractivity (Wildman–Crippen MR) is 99.0 cm³/mol. The Kier molecular flexibility index (Phi) is 6.11. The number of hydrogen-bond acceptors (Lipinski definition) is 8. The maximum Gasteiger partial charge on any atom is 0.347 e. The number of fused-ring (bicyclic) bond motifs is 1. The number of nitrogens with zero attached hydrogens (tertiary/aromatic N) is 1. The molecule has 0 radical (unpaired) electrons. The van der Waals surface area contributed by atoms with Gasteiger partial charge < -0.3 is 23.8 Å². The van der Waals surface area contributed by atoms with Gasteiger partial charge in [-0.3, -0.25) is 4.79 Å². The lowest BCUT2D eigenvalue weighted by Crippen LogP contribution is -2.17. The van der Waals surface area contributed by atoms with Crippen molar-refractivity contribution in [1.82, 2.24) is 0 Å². The molecular weight excluding hydrogens is 366 g/mol. The highest BCUT2D eigenvalue weighted by Gasteiger charge is 2.14. The van der Waals surface area contributed by atoms with Crippen molar-refractivity contribution in [3.05, 3.63) is 53.6 Å². The summed E-state index contributed by atoms with van der Waals surface area (Å²) in [6.07, 6.45) is 0. The number of benzene rings is 2. The Labute approximate surface area is 161 Å². The van der Waals surface area contributed by atoms with Gasteiger partial charge >= 0.3 is 5.97 Å². The van der Waals surface area contributed by atoms with Gasteiger partial charge in [0.05, 0.1) is 12.8 Å². The summed E-state index contributed by atoms with van der Waals surface area (Å²) < 4.78 is 20.5. The number of rotatable bonds is 8. The van der Waals surface area contributed by atoms with Crippen molar-refractivity contribution in [3.63, 3.8) is 0 Å². The van der Waals surface area contributed by atoms with Crippen molar-refractivity contribution in [1.29, 1.82) is 0 Å². The standard InChI is InChI=1S/C20H19NO7/c1-13(15-5-8-18-19(9-15)27-12-26-18)21-28-11-20(23)25-10-17(22)14-3-6-16(24-2)7-4-14/h3-9H,10-12H2,1-2H3/b21-13-. The van der Waals surface area contributed by atoms with Gasteiger partial charge in [0.25, 0.3) is 0 Å². The van der Waals surface area contributed by atoms with Crippen molar-refractivity contribution < 1.29 is 33.4 Å². The first-order valence-corrected chi connectivity index (χ1v) is 8.46. The van der Waals surface area contributed by atoms with Crippen LogP contribution < -0.4 is 14.2 Å². The molecule has 0 atom stereocenters. The number of Topliss-reactive ketones (excluding diaryl/α,β-unsaturated/α-hetero) is 1. The Bertz CT molecular complexity index is 890. The average Bonchev–Trinajstić information content (AvgIpc) is 3.19. The maximum atomic E-state index is 12.0. The Morgan fingerprint density at radius 1 is 1.00 bits per heavy atom. The molecule has 146 valence electrons. The van der Waals surface area contributed by atoms with Gasteiger partial charge in [-0.1, -0.05) is 5.16 Å². The lowest BCUT2D eigenvalue weighted by molar-refractivity contribution is -0.147. The number of esters is 1. The molecule has 8 heteroatoms. The van der Waals surface area contributed by atoms with Gasteiger partial charge in [0.2, 0.25) is 13.4 Å². The topological polar surface area (TPSA) is 92.7 Å². The number of carbonyl (C=O) groups excluding carboxylic acids is 2. The van der Waals surface area contributed by atoms with E-state index in [-0.39, 0.29) is 19.2 Å². The molecule has 0 fully saturated rings. The van der Waals surface area contributed by atoms with Crippen molar-refractivity contribution >= 4 is 17.5 Å². The van der Waals surface area contributed by atoms with Crippen LogP contribution in [-0.2, 0) is 14.4 Å². The molecule has 0 unspecified atom stereocenters. The fourth-order valence-corrected chi connectivity index (χ4v) is 2.40. The van der Waals surface area contributed by atoms with E-state index in [1.165, 1.54) is 7.11 Å². The lowest BCUT2D eigenvalue weighted by Gasteiger charge is -2.06. The smallest absolute Gasteiger partial charge is 0.347 e. The van der Waals surface area contributed by atoms with Crippen LogP contribution in [0.5, 0.6) is 17.2 Å². The minimum atomic E-state index is -0.691. The molecule has 0 saturated carbocycles. The van der Waals surface area contributed by atoms with E-state index in [2.05, 4.69) is 5.16 Å². The summed E-state index contributed by atoms with van der Waals surface area (Å²) in [5, 5.41) is 3.88. The molecule has 1 aliphatic heterocycles. The van der Waals surface area contributed by atoms with Crippen LogP contribution in [0.15, 0.2) is 47.6 Å². The lowest BCUT2D eigenvalue weighted by atomic mass is 10.1. The molecule has 0 N–H and O–H groups in total. The Hall–Kier alpha value is -3.55. The molecule has 0 aromatic heterocycles. The number of oxime groups is 1. The van der Waals surface area contributed by atoms with Crippen molar-refractivity contribution in [3.8, 4) is 17.2 Å². The van der Waals surface area contributed by atoms with E-state index in [1.807, 2.05) is 6.07 Å². The van der Waals surface area contributed by atoms with Crippen LogP contribution in [0.1, 0.15) is 22.8 Å². The van der Waals surface area contributed by atoms with Gasteiger partial charge in [0, 0.05) is 11.1 Å². The van der Waals surface area contributed by atoms with E-state index in [1.54, 1.807) is 43.3 Å². The van der Waals surface area contributed by atoms with Crippen LogP contribution in [0.3, 0.4) is 0 Å². The van der Waals surface area contributed by atoms with Crippen LogP contribution in [-0.4, -0.2) is 44.6 Å². The van der Waals surface area contributed by atoms with Gasteiger partial charge in [-0.25, -0.2) is 4.79 Å². The molecule has 0 saturated heterocycles. The molecule has 0 amide bonds. The SMILES string of the molecule is COc1ccc(C(=O)COC(=O)CO/N=C(/C)c2ccc3c(c2)OCO3)cc1. The zero-order valence-corrected chi connectivity index (χ0v) is 15.5. The van der Waals surface area contributed by atoms with Crippen LogP contribution in [0.2, 0.25) is 0 Å². The van der Waals surface area contributed by atoms with E-state index >= 15 is 0 Å². The highest BCUT2D eigenvalue weighted by atomic mass is 16.7. The molecule has 28 heavy (non-hydrogen) atoms. The monoisotopic (exact) mass is 385 g/mol. The van der Waals surface area contributed by atoms with Crippen LogP contribution in [0.4, 0.5) is 0 Å². The van der Waals surface area contributed by atoms with Gasteiger partial charge in [-0.15, -0.1) is 0 Å². The molecule has 8 nitrogen and oxygen atoms in total. The van der Waals surface area contributed by atoms with Gasteiger partial charge in [0.15, 0.2) is 23.9 Å². The summed E-state index contributed by atoms with van der Waals surface area (Å²) in [7, 11) is 1.54. The Balaban J connectivity index is 1.44. The van der Waals surface area contributed by atoms with Crippen LogP contribution >= 0.6 is 0 Å². The van der Waals surface area contributed by atoms with E-state index in [9.17, 15) is 9.59 Å². The van der Waals surface area contributed by atoms with Crippen LogP contribution in [0, 0.1) is 0 Å². The fraction of sp³-hybridized carbons (Fsp3) is 0.250. The predicted octanol–water partition coefficient (Wildman–Crippen LogP) is 2.59. The summed E-state index contributed by atoms with van der Waals surface area (Å²) in [6, 6.07) is 11.9.